The molecule has 100 valence electrons. The van der Waals surface area contributed by atoms with E-state index in [0.717, 1.165) is 6.07 Å². The summed E-state index contributed by atoms with van der Waals surface area (Å²) in [6.45, 7) is 2.31. The van der Waals surface area contributed by atoms with Gasteiger partial charge >= 0.3 is 0 Å². The first kappa shape index (κ1) is 13.1. The van der Waals surface area contributed by atoms with Gasteiger partial charge in [0, 0.05) is 0 Å². The topological polar surface area (TPSA) is 47.3 Å². The summed E-state index contributed by atoms with van der Waals surface area (Å²) >= 11 is 0. The Kier molecular flexibility index (Phi) is 3.85. The molecule has 0 aliphatic heterocycles. The molecular weight excluding hydrogens is 250 g/mol. The van der Waals surface area contributed by atoms with Crippen molar-refractivity contribution in [2.45, 2.75) is 6.92 Å². The van der Waals surface area contributed by atoms with Gasteiger partial charge in [0.25, 0.3) is 0 Å². The number of nitrogens with one attached hydrogen (secondary N) is 1. The number of rotatable bonds is 4. The van der Waals surface area contributed by atoms with Crippen LogP contribution in [0.2, 0.25) is 0 Å². The van der Waals surface area contributed by atoms with Crippen LogP contribution < -0.4 is 15.8 Å². The maximum Gasteiger partial charge on any atom is 0.184 e. The highest BCUT2D eigenvalue weighted by Crippen LogP contribution is 2.32. The van der Waals surface area contributed by atoms with E-state index in [2.05, 4.69) is 5.32 Å². The molecule has 0 spiro atoms. The first-order chi connectivity index (χ1) is 9.13. The lowest BCUT2D eigenvalue weighted by atomic mass is 10.2. The summed E-state index contributed by atoms with van der Waals surface area (Å²) in [5.74, 6) is -1.41. The van der Waals surface area contributed by atoms with Crippen LogP contribution in [-0.2, 0) is 0 Å². The van der Waals surface area contributed by atoms with Gasteiger partial charge in [0.1, 0.15) is 11.4 Å². The molecular formula is C14H14F2N2O. The number of anilines is 3. The molecule has 3 nitrogen and oxygen atoms in total. The van der Waals surface area contributed by atoms with Crippen molar-refractivity contribution < 1.29 is 13.5 Å². The Morgan fingerprint density at radius 3 is 2.63 bits per heavy atom. The molecule has 0 heterocycles. The van der Waals surface area contributed by atoms with Crippen LogP contribution in [0.1, 0.15) is 6.92 Å². The van der Waals surface area contributed by atoms with Crippen molar-refractivity contribution in [3.63, 3.8) is 0 Å². The van der Waals surface area contributed by atoms with E-state index in [1.807, 2.05) is 6.92 Å². The van der Waals surface area contributed by atoms with E-state index >= 15 is 0 Å². The number of hydrogen-bond donors (Lipinski definition) is 2. The lowest BCUT2D eigenvalue weighted by Crippen LogP contribution is -2.03. The summed E-state index contributed by atoms with van der Waals surface area (Å²) in [6.07, 6.45) is 0. The van der Waals surface area contributed by atoms with E-state index < -0.39 is 11.6 Å². The van der Waals surface area contributed by atoms with Crippen LogP contribution in [0, 0.1) is 11.6 Å². The first-order valence-corrected chi connectivity index (χ1v) is 5.85. The third kappa shape index (κ3) is 2.76. The highest BCUT2D eigenvalue weighted by Gasteiger charge is 2.13. The fraction of sp³-hybridized carbons (Fsp3) is 0.143. The lowest BCUT2D eigenvalue weighted by Gasteiger charge is -2.14. The summed E-state index contributed by atoms with van der Waals surface area (Å²) < 4.78 is 32.3. The van der Waals surface area contributed by atoms with Crippen LogP contribution in [-0.4, -0.2) is 6.61 Å². The first-order valence-electron chi connectivity index (χ1n) is 5.85. The second-order valence-electron chi connectivity index (χ2n) is 3.88. The summed E-state index contributed by atoms with van der Waals surface area (Å²) in [7, 11) is 0. The van der Waals surface area contributed by atoms with E-state index in [0.29, 0.717) is 18.0 Å². The number of hydrogen-bond acceptors (Lipinski definition) is 3. The van der Waals surface area contributed by atoms with Crippen LogP contribution in [0.3, 0.4) is 0 Å². The molecule has 0 atom stereocenters. The summed E-state index contributed by atoms with van der Waals surface area (Å²) in [4.78, 5) is 0. The van der Waals surface area contributed by atoms with Gasteiger partial charge < -0.3 is 15.8 Å². The largest absolute Gasteiger partial charge is 0.492 e. The second kappa shape index (κ2) is 5.56. The highest BCUT2D eigenvalue weighted by molar-refractivity contribution is 5.75. The van der Waals surface area contributed by atoms with E-state index in [1.54, 1.807) is 24.3 Å². The zero-order chi connectivity index (χ0) is 13.8. The van der Waals surface area contributed by atoms with Crippen molar-refractivity contribution in [2.75, 3.05) is 17.7 Å². The average molecular weight is 264 g/mol. The van der Waals surface area contributed by atoms with Crippen LogP contribution in [0.5, 0.6) is 5.75 Å². The highest BCUT2D eigenvalue weighted by atomic mass is 19.2. The zero-order valence-corrected chi connectivity index (χ0v) is 10.4. The Balaban J connectivity index is 2.39. The SMILES string of the molecule is CCOc1ccccc1Nc1c(N)ccc(F)c1F. The van der Waals surface area contributed by atoms with Crippen LogP contribution in [0.15, 0.2) is 36.4 Å². The van der Waals surface area contributed by atoms with Gasteiger partial charge in [-0.3, -0.25) is 0 Å². The molecule has 0 amide bonds. The fourth-order valence-corrected chi connectivity index (χ4v) is 1.68. The monoisotopic (exact) mass is 264 g/mol. The van der Waals surface area contributed by atoms with E-state index in [4.69, 9.17) is 10.5 Å². The molecule has 0 saturated heterocycles. The third-order valence-electron chi connectivity index (χ3n) is 2.57. The minimum atomic E-state index is -1.01. The van der Waals surface area contributed by atoms with Crippen LogP contribution >= 0.6 is 0 Å². The molecule has 0 aliphatic rings. The van der Waals surface area contributed by atoms with Crippen molar-refractivity contribution in [3.05, 3.63) is 48.0 Å². The second-order valence-corrected chi connectivity index (χ2v) is 3.88. The molecule has 0 aromatic heterocycles. The molecule has 0 aliphatic carbocycles. The van der Waals surface area contributed by atoms with Crippen LogP contribution in [0.4, 0.5) is 25.8 Å². The number of ether oxygens (including phenoxy) is 1. The molecule has 2 aromatic carbocycles. The fourth-order valence-electron chi connectivity index (χ4n) is 1.68. The van der Waals surface area contributed by atoms with Gasteiger partial charge in [-0.15, -0.1) is 0 Å². The normalized spacial score (nSPS) is 10.3. The number of benzene rings is 2. The average Bonchev–Trinajstić information content (AvgIpc) is 2.41. The molecule has 0 fully saturated rings. The van der Waals surface area contributed by atoms with E-state index in [1.165, 1.54) is 6.07 Å². The summed E-state index contributed by atoms with van der Waals surface area (Å²) in [6, 6.07) is 9.29. The maximum absolute atomic E-state index is 13.7. The summed E-state index contributed by atoms with van der Waals surface area (Å²) in [5.41, 5.74) is 6.22. The Hall–Kier alpha value is -2.30. The molecule has 2 aromatic rings. The Morgan fingerprint density at radius 2 is 1.89 bits per heavy atom. The molecule has 0 radical (unpaired) electrons. The van der Waals surface area contributed by atoms with Crippen molar-refractivity contribution in [3.8, 4) is 5.75 Å². The number of para-hydroxylation sites is 2. The minimum absolute atomic E-state index is 0.0906. The Bertz CT molecular complexity index is 588. The molecule has 19 heavy (non-hydrogen) atoms. The lowest BCUT2D eigenvalue weighted by molar-refractivity contribution is 0.342. The standard InChI is InChI=1S/C14H14F2N2O/c1-2-19-12-6-4-3-5-11(12)18-14-10(17)8-7-9(15)13(14)16/h3-8,18H,2,17H2,1H3. The molecule has 3 N–H and O–H groups in total. The van der Waals surface area contributed by atoms with Gasteiger partial charge in [-0.05, 0) is 31.2 Å². The van der Waals surface area contributed by atoms with Gasteiger partial charge in [-0.25, -0.2) is 8.78 Å². The van der Waals surface area contributed by atoms with Gasteiger partial charge in [0.05, 0.1) is 18.0 Å². The maximum atomic E-state index is 13.7. The van der Waals surface area contributed by atoms with Crippen molar-refractivity contribution in [1.82, 2.24) is 0 Å². The number of nitrogen functional groups attached to an aromatic ring is 1. The smallest absolute Gasteiger partial charge is 0.184 e. The van der Waals surface area contributed by atoms with Gasteiger partial charge in [0.2, 0.25) is 0 Å². The summed E-state index contributed by atoms with van der Waals surface area (Å²) in [5, 5.41) is 2.77. The Labute approximate surface area is 110 Å². The van der Waals surface area contributed by atoms with Crippen molar-refractivity contribution in [1.29, 1.82) is 0 Å². The molecule has 2 rings (SSSR count). The molecule has 5 heteroatoms. The molecule has 0 saturated carbocycles. The molecule has 0 unspecified atom stereocenters. The van der Waals surface area contributed by atoms with E-state index in [9.17, 15) is 8.78 Å². The van der Waals surface area contributed by atoms with E-state index in [-0.39, 0.29) is 11.4 Å². The van der Waals surface area contributed by atoms with Gasteiger partial charge in [-0.1, -0.05) is 12.1 Å². The number of nitrogens with two attached hydrogens (primary N) is 1. The van der Waals surface area contributed by atoms with Gasteiger partial charge in [-0.2, -0.15) is 0 Å². The predicted molar refractivity (Wildman–Crippen MR) is 71.7 cm³/mol. The van der Waals surface area contributed by atoms with Crippen molar-refractivity contribution >= 4 is 17.1 Å². The van der Waals surface area contributed by atoms with Gasteiger partial charge in [0.15, 0.2) is 11.6 Å². The Morgan fingerprint density at radius 1 is 1.16 bits per heavy atom. The quantitative estimate of drug-likeness (QED) is 0.828. The predicted octanol–water partition coefficient (Wildman–Crippen LogP) is 3.69. The van der Waals surface area contributed by atoms with Crippen molar-refractivity contribution in [2.24, 2.45) is 0 Å². The molecule has 0 bridgehead atoms. The zero-order valence-electron chi connectivity index (χ0n) is 10.4. The minimum Gasteiger partial charge on any atom is -0.492 e. The third-order valence-corrected chi connectivity index (χ3v) is 2.57. The van der Waals surface area contributed by atoms with Crippen LogP contribution in [0.25, 0.3) is 0 Å². The number of halogens is 2.